The number of ether oxygens (including phenoxy) is 2. The second-order valence-corrected chi connectivity index (χ2v) is 7.21. The Hall–Kier alpha value is -1.61. The monoisotopic (exact) mass is 320 g/mol. The molecule has 0 saturated heterocycles. The number of methoxy groups -OCH3 is 1. The van der Waals surface area contributed by atoms with Gasteiger partial charge < -0.3 is 9.47 Å². The lowest BCUT2D eigenvalue weighted by Gasteiger charge is -2.28. The molecule has 21 heavy (non-hydrogen) atoms. The van der Waals surface area contributed by atoms with Crippen LogP contribution in [0.1, 0.15) is 20.8 Å². The molecule has 0 spiro atoms. The van der Waals surface area contributed by atoms with Gasteiger partial charge in [0.25, 0.3) is 0 Å². The molecular formula is C12H20N2O6S. The number of rotatable bonds is 2. The van der Waals surface area contributed by atoms with Crippen molar-refractivity contribution in [2.75, 3.05) is 26.7 Å². The summed E-state index contributed by atoms with van der Waals surface area (Å²) in [4.78, 5) is 23.3. The summed E-state index contributed by atoms with van der Waals surface area (Å²) in [5.74, 6) is -0.710. The van der Waals surface area contributed by atoms with Crippen LogP contribution in [0, 0.1) is 0 Å². The molecule has 0 saturated carbocycles. The summed E-state index contributed by atoms with van der Waals surface area (Å²) in [6.45, 7) is 4.28. The van der Waals surface area contributed by atoms with Gasteiger partial charge in [-0.2, -0.15) is 17.0 Å². The molecule has 1 rings (SSSR count). The van der Waals surface area contributed by atoms with E-state index in [4.69, 9.17) is 4.74 Å². The minimum Gasteiger partial charge on any atom is -0.468 e. The van der Waals surface area contributed by atoms with Crippen LogP contribution in [-0.2, 0) is 24.5 Å². The van der Waals surface area contributed by atoms with Gasteiger partial charge in [-0.05, 0) is 20.8 Å². The van der Waals surface area contributed by atoms with Gasteiger partial charge in [0.15, 0.2) is 0 Å². The van der Waals surface area contributed by atoms with Gasteiger partial charge in [0, 0.05) is 6.54 Å². The highest BCUT2D eigenvalue weighted by atomic mass is 32.2. The zero-order valence-electron chi connectivity index (χ0n) is 12.5. The van der Waals surface area contributed by atoms with E-state index >= 15 is 0 Å². The molecule has 0 aromatic heterocycles. The average Bonchev–Trinajstić information content (AvgIpc) is 2.47. The smallest absolute Gasteiger partial charge is 0.425 e. The van der Waals surface area contributed by atoms with Crippen LogP contribution in [0.5, 0.6) is 0 Å². The van der Waals surface area contributed by atoms with Crippen LogP contribution in [0.25, 0.3) is 0 Å². The number of esters is 1. The fraction of sp³-hybridized carbons (Fsp3) is 0.667. The van der Waals surface area contributed by atoms with Gasteiger partial charge >= 0.3 is 22.3 Å². The Kier molecular flexibility index (Phi) is 5.35. The Labute approximate surface area is 124 Å². The Morgan fingerprint density at radius 2 is 1.76 bits per heavy atom. The Balaban J connectivity index is 3.01. The van der Waals surface area contributed by atoms with Crippen molar-refractivity contribution in [2.24, 2.45) is 0 Å². The van der Waals surface area contributed by atoms with E-state index in [0.717, 1.165) is 11.4 Å². The largest absolute Gasteiger partial charge is 0.468 e. The molecule has 9 heteroatoms. The fourth-order valence-electron chi connectivity index (χ4n) is 1.53. The summed E-state index contributed by atoms with van der Waals surface area (Å²) in [5, 5.41) is 0. The molecule has 1 amide bonds. The van der Waals surface area contributed by atoms with Crippen molar-refractivity contribution in [1.29, 1.82) is 0 Å². The number of carbonyl (C=O) groups excluding carboxylic acids is 2. The third-order valence-corrected chi connectivity index (χ3v) is 4.27. The number of hydrogen-bond donors (Lipinski definition) is 0. The second-order valence-electron chi connectivity index (χ2n) is 5.36. The molecule has 1 aliphatic heterocycles. The normalized spacial score (nSPS) is 19.0. The maximum atomic E-state index is 12.4. The molecule has 0 fully saturated rings. The van der Waals surface area contributed by atoms with Crippen molar-refractivity contribution in [3.05, 3.63) is 12.2 Å². The van der Waals surface area contributed by atoms with E-state index in [0.29, 0.717) is 4.31 Å². The average molecular weight is 320 g/mol. The molecular weight excluding hydrogens is 300 g/mol. The summed E-state index contributed by atoms with van der Waals surface area (Å²) >= 11 is 0. The van der Waals surface area contributed by atoms with E-state index in [9.17, 15) is 18.0 Å². The molecule has 0 atom stereocenters. The molecule has 0 N–H and O–H groups in total. The Morgan fingerprint density at radius 1 is 1.19 bits per heavy atom. The maximum absolute atomic E-state index is 12.4. The van der Waals surface area contributed by atoms with Crippen LogP contribution >= 0.6 is 0 Å². The van der Waals surface area contributed by atoms with Gasteiger partial charge in [-0.15, -0.1) is 0 Å². The van der Waals surface area contributed by atoms with Crippen molar-refractivity contribution >= 4 is 22.3 Å². The summed E-state index contributed by atoms with van der Waals surface area (Å²) < 4.78 is 35.8. The van der Waals surface area contributed by atoms with Crippen LogP contribution in [0.2, 0.25) is 0 Å². The molecule has 0 aromatic rings. The van der Waals surface area contributed by atoms with E-state index < -0.39 is 34.4 Å². The Bertz CT molecular complexity index is 534. The summed E-state index contributed by atoms with van der Waals surface area (Å²) in [5.41, 5.74) is -0.824. The standard InChI is InChI=1S/C12H20N2O6S/c1-12(2,3)20-11(16)14-8-6-5-7-13(21(14,17)18)9-10(15)19-4/h5-6H,7-9H2,1-4H3. The summed E-state index contributed by atoms with van der Waals surface area (Å²) in [6.07, 6.45) is 2.10. The molecule has 0 radical (unpaired) electrons. The van der Waals surface area contributed by atoms with E-state index in [1.54, 1.807) is 26.8 Å². The first-order chi connectivity index (χ1) is 9.58. The molecule has 120 valence electrons. The lowest BCUT2D eigenvalue weighted by Crippen LogP contribution is -2.48. The van der Waals surface area contributed by atoms with Crippen molar-refractivity contribution in [3.8, 4) is 0 Å². The highest BCUT2D eigenvalue weighted by Gasteiger charge is 2.37. The molecule has 1 heterocycles. The topological polar surface area (TPSA) is 93.2 Å². The zero-order chi connectivity index (χ0) is 16.3. The molecule has 0 unspecified atom stereocenters. The van der Waals surface area contributed by atoms with Gasteiger partial charge in [-0.1, -0.05) is 12.2 Å². The lowest BCUT2D eigenvalue weighted by atomic mass is 10.2. The first kappa shape index (κ1) is 17.4. The van der Waals surface area contributed by atoms with Crippen LogP contribution in [0.4, 0.5) is 4.79 Å². The van der Waals surface area contributed by atoms with Crippen molar-refractivity contribution in [1.82, 2.24) is 8.61 Å². The van der Waals surface area contributed by atoms with Gasteiger partial charge in [-0.25, -0.2) is 4.79 Å². The SMILES string of the molecule is COC(=O)CN1CC=CCN(C(=O)OC(C)(C)C)S1(=O)=O. The molecule has 1 aliphatic rings. The number of amides is 1. The number of hydrogen-bond acceptors (Lipinski definition) is 6. The maximum Gasteiger partial charge on any atom is 0.425 e. The van der Waals surface area contributed by atoms with Crippen molar-refractivity contribution in [3.63, 3.8) is 0 Å². The summed E-state index contributed by atoms with van der Waals surface area (Å²) in [7, 11) is -2.99. The van der Waals surface area contributed by atoms with Gasteiger partial charge in [-0.3, -0.25) is 4.79 Å². The fourth-order valence-corrected chi connectivity index (χ4v) is 2.85. The van der Waals surface area contributed by atoms with Gasteiger partial charge in [0.2, 0.25) is 0 Å². The first-order valence-electron chi connectivity index (χ1n) is 6.30. The van der Waals surface area contributed by atoms with E-state index in [1.807, 2.05) is 0 Å². The minimum absolute atomic E-state index is 0.0171. The number of nitrogens with zero attached hydrogens (tertiary/aromatic N) is 2. The second kappa shape index (κ2) is 6.44. The predicted octanol–water partition coefficient (Wildman–Crippen LogP) is 0.513. The van der Waals surface area contributed by atoms with E-state index in [2.05, 4.69) is 4.74 Å². The summed E-state index contributed by atoms with van der Waals surface area (Å²) in [6, 6.07) is 0. The molecule has 8 nitrogen and oxygen atoms in total. The van der Waals surface area contributed by atoms with Crippen LogP contribution in [0.3, 0.4) is 0 Å². The lowest BCUT2D eigenvalue weighted by molar-refractivity contribution is -0.140. The van der Waals surface area contributed by atoms with Crippen LogP contribution in [0.15, 0.2) is 12.2 Å². The van der Waals surface area contributed by atoms with Gasteiger partial charge in [0.1, 0.15) is 12.1 Å². The minimum atomic E-state index is -4.15. The molecule has 0 aromatic carbocycles. The molecule has 0 bridgehead atoms. The Morgan fingerprint density at radius 3 is 2.29 bits per heavy atom. The quantitative estimate of drug-likeness (QED) is 0.544. The third-order valence-electron chi connectivity index (χ3n) is 2.48. The first-order valence-corrected chi connectivity index (χ1v) is 7.70. The van der Waals surface area contributed by atoms with Gasteiger partial charge in [0.05, 0.1) is 13.7 Å². The third kappa shape index (κ3) is 4.71. The number of carbonyl (C=O) groups is 2. The highest BCUT2D eigenvalue weighted by molar-refractivity contribution is 7.87. The highest BCUT2D eigenvalue weighted by Crippen LogP contribution is 2.17. The van der Waals surface area contributed by atoms with Crippen LogP contribution < -0.4 is 0 Å². The van der Waals surface area contributed by atoms with Crippen molar-refractivity contribution in [2.45, 2.75) is 26.4 Å². The van der Waals surface area contributed by atoms with E-state index in [-0.39, 0.29) is 13.1 Å². The predicted molar refractivity (Wildman–Crippen MR) is 74.6 cm³/mol. The zero-order valence-corrected chi connectivity index (χ0v) is 13.3. The van der Waals surface area contributed by atoms with Crippen LogP contribution in [-0.4, -0.2) is 61.4 Å². The van der Waals surface area contributed by atoms with Crippen molar-refractivity contribution < 1.29 is 27.5 Å². The molecule has 0 aliphatic carbocycles. The van der Waals surface area contributed by atoms with E-state index in [1.165, 1.54) is 6.08 Å².